The van der Waals surface area contributed by atoms with E-state index in [0.717, 1.165) is 18.4 Å². The standard InChI is InChI=1S/C11H13Cl2N/c1-2-3-10(14)6-8-4-5-9(12)7-11(8)13/h2,4-5,7,10H,1,3,6,14H2. The second-order valence-electron chi connectivity index (χ2n) is 3.22. The maximum atomic E-state index is 6.01. The summed E-state index contributed by atoms with van der Waals surface area (Å²) in [7, 11) is 0. The van der Waals surface area contributed by atoms with Crippen LogP contribution < -0.4 is 5.73 Å². The normalized spacial score (nSPS) is 12.5. The minimum absolute atomic E-state index is 0.0752. The fourth-order valence-electron chi connectivity index (χ4n) is 1.27. The number of halogens is 2. The molecule has 1 rings (SSSR count). The molecule has 1 nitrogen and oxygen atoms in total. The van der Waals surface area contributed by atoms with Crippen molar-refractivity contribution < 1.29 is 0 Å². The number of hydrogen-bond donors (Lipinski definition) is 1. The Kier molecular flexibility index (Phi) is 4.46. The Labute approximate surface area is 94.5 Å². The predicted octanol–water partition coefficient (Wildman–Crippen LogP) is 3.44. The third kappa shape index (κ3) is 3.33. The SMILES string of the molecule is C=CCC(N)Cc1ccc(Cl)cc1Cl. The summed E-state index contributed by atoms with van der Waals surface area (Å²) >= 11 is 11.8. The lowest BCUT2D eigenvalue weighted by atomic mass is 10.0. The minimum atomic E-state index is 0.0752. The van der Waals surface area contributed by atoms with Gasteiger partial charge in [0.1, 0.15) is 0 Å². The lowest BCUT2D eigenvalue weighted by molar-refractivity contribution is 0.680. The van der Waals surface area contributed by atoms with Gasteiger partial charge in [-0.2, -0.15) is 0 Å². The molecule has 0 heterocycles. The summed E-state index contributed by atoms with van der Waals surface area (Å²) in [6, 6.07) is 5.54. The zero-order valence-corrected chi connectivity index (χ0v) is 9.35. The Morgan fingerprint density at radius 1 is 1.43 bits per heavy atom. The van der Waals surface area contributed by atoms with Crippen molar-refractivity contribution in [3.63, 3.8) is 0 Å². The van der Waals surface area contributed by atoms with Gasteiger partial charge >= 0.3 is 0 Å². The van der Waals surface area contributed by atoms with Gasteiger partial charge in [-0.05, 0) is 30.5 Å². The molecule has 0 saturated heterocycles. The second-order valence-corrected chi connectivity index (χ2v) is 4.07. The van der Waals surface area contributed by atoms with Crippen LogP contribution >= 0.6 is 23.2 Å². The van der Waals surface area contributed by atoms with E-state index >= 15 is 0 Å². The van der Waals surface area contributed by atoms with Crippen LogP contribution in [0, 0.1) is 0 Å². The third-order valence-electron chi connectivity index (χ3n) is 1.97. The highest BCUT2D eigenvalue weighted by Crippen LogP contribution is 2.22. The molecule has 1 aromatic carbocycles. The van der Waals surface area contributed by atoms with Crippen LogP contribution in [0.2, 0.25) is 10.0 Å². The predicted molar refractivity (Wildman–Crippen MR) is 63.0 cm³/mol. The van der Waals surface area contributed by atoms with E-state index in [1.54, 1.807) is 6.07 Å². The molecule has 0 amide bonds. The number of hydrogen-bond acceptors (Lipinski definition) is 1. The molecule has 0 radical (unpaired) electrons. The molecule has 0 aliphatic carbocycles. The summed E-state index contributed by atoms with van der Waals surface area (Å²) < 4.78 is 0. The van der Waals surface area contributed by atoms with E-state index in [2.05, 4.69) is 6.58 Å². The minimum Gasteiger partial charge on any atom is -0.327 e. The zero-order chi connectivity index (χ0) is 10.6. The molecule has 14 heavy (non-hydrogen) atoms. The first kappa shape index (κ1) is 11.6. The van der Waals surface area contributed by atoms with Crippen molar-refractivity contribution in [3.05, 3.63) is 46.5 Å². The Balaban J connectivity index is 2.71. The summed E-state index contributed by atoms with van der Waals surface area (Å²) in [5.74, 6) is 0. The smallest absolute Gasteiger partial charge is 0.0453 e. The molecular weight excluding hydrogens is 217 g/mol. The fourth-order valence-corrected chi connectivity index (χ4v) is 1.75. The topological polar surface area (TPSA) is 26.0 Å². The monoisotopic (exact) mass is 229 g/mol. The molecule has 0 fully saturated rings. The number of nitrogens with two attached hydrogens (primary N) is 1. The van der Waals surface area contributed by atoms with Crippen LogP contribution in [0.1, 0.15) is 12.0 Å². The molecule has 0 saturated carbocycles. The summed E-state index contributed by atoms with van der Waals surface area (Å²) in [6.07, 6.45) is 3.36. The molecule has 2 N–H and O–H groups in total. The van der Waals surface area contributed by atoms with E-state index in [0.29, 0.717) is 10.0 Å². The Hall–Kier alpha value is -0.500. The molecule has 1 atom stereocenters. The van der Waals surface area contributed by atoms with Crippen molar-refractivity contribution in [2.24, 2.45) is 5.73 Å². The first-order valence-corrected chi connectivity index (χ1v) is 5.19. The van der Waals surface area contributed by atoms with Crippen molar-refractivity contribution in [1.29, 1.82) is 0 Å². The van der Waals surface area contributed by atoms with E-state index < -0.39 is 0 Å². The van der Waals surface area contributed by atoms with Crippen LogP contribution in [0.4, 0.5) is 0 Å². The highest BCUT2D eigenvalue weighted by molar-refractivity contribution is 6.35. The summed E-state index contributed by atoms with van der Waals surface area (Å²) in [5, 5.41) is 1.33. The molecule has 76 valence electrons. The number of rotatable bonds is 4. The summed E-state index contributed by atoms with van der Waals surface area (Å²) in [5.41, 5.74) is 6.89. The largest absolute Gasteiger partial charge is 0.327 e. The highest BCUT2D eigenvalue weighted by atomic mass is 35.5. The van der Waals surface area contributed by atoms with Crippen LogP contribution in [0.15, 0.2) is 30.9 Å². The van der Waals surface area contributed by atoms with Crippen molar-refractivity contribution in [1.82, 2.24) is 0 Å². The van der Waals surface area contributed by atoms with Crippen LogP contribution in [0.5, 0.6) is 0 Å². The lowest BCUT2D eigenvalue weighted by Crippen LogP contribution is -2.21. The first-order valence-electron chi connectivity index (χ1n) is 4.44. The number of benzene rings is 1. The Morgan fingerprint density at radius 2 is 2.14 bits per heavy atom. The van der Waals surface area contributed by atoms with Gasteiger partial charge in [0, 0.05) is 16.1 Å². The third-order valence-corrected chi connectivity index (χ3v) is 2.55. The summed E-state index contributed by atoms with van der Waals surface area (Å²) in [4.78, 5) is 0. The van der Waals surface area contributed by atoms with Gasteiger partial charge in [0.2, 0.25) is 0 Å². The van der Waals surface area contributed by atoms with Gasteiger partial charge in [0.05, 0.1) is 0 Å². The van der Waals surface area contributed by atoms with Crippen molar-refractivity contribution in [2.45, 2.75) is 18.9 Å². The van der Waals surface area contributed by atoms with Crippen LogP contribution in [-0.4, -0.2) is 6.04 Å². The van der Waals surface area contributed by atoms with Gasteiger partial charge in [0.25, 0.3) is 0 Å². The van der Waals surface area contributed by atoms with Crippen molar-refractivity contribution in [3.8, 4) is 0 Å². The quantitative estimate of drug-likeness (QED) is 0.787. The van der Waals surface area contributed by atoms with E-state index in [1.807, 2.05) is 18.2 Å². The van der Waals surface area contributed by atoms with E-state index in [-0.39, 0.29) is 6.04 Å². The maximum Gasteiger partial charge on any atom is 0.0453 e. The van der Waals surface area contributed by atoms with Crippen LogP contribution in [0.25, 0.3) is 0 Å². The van der Waals surface area contributed by atoms with Gasteiger partial charge in [-0.25, -0.2) is 0 Å². The molecule has 0 spiro atoms. The highest BCUT2D eigenvalue weighted by Gasteiger charge is 2.06. The molecule has 0 aliphatic rings. The fraction of sp³-hybridized carbons (Fsp3) is 0.273. The van der Waals surface area contributed by atoms with Gasteiger partial charge in [-0.15, -0.1) is 6.58 Å². The van der Waals surface area contributed by atoms with Gasteiger partial charge in [-0.1, -0.05) is 35.3 Å². The zero-order valence-electron chi connectivity index (χ0n) is 7.84. The molecule has 1 aromatic rings. The van der Waals surface area contributed by atoms with E-state index in [1.165, 1.54) is 0 Å². The van der Waals surface area contributed by atoms with Crippen LogP contribution in [-0.2, 0) is 6.42 Å². The van der Waals surface area contributed by atoms with Crippen LogP contribution in [0.3, 0.4) is 0 Å². The molecule has 1 unspecified atom stereocenters. The molecular formula is C11H13Cl2N. The van der Waals surface area contributed by atoms with Crippen molar-refractivity contribution in [2.75, 3.05) is 0 Å². The average Bonchev–Trinajstić information content (AvgIpc) is 2.10. The molecule has 3 heteroatoms. The first-order chi connectivity index (χ1) is 6.63. The van der Waals surface area contributed by atoms with Gasteiger partial charge in [-0.3, -0.25) is 0 Å². The van der Waals surface area contributed by atoms with Gasteiger partial charge in [0.15, 0.2) is 0 Å². The average molecular weight is 230 g/mol. The second kappa shape index (κ2) is 5.40. The summed E-state index contributed by atoms with van der Waals surface area (Å²) in [6.45, 7) is 3.64. The molecule has 0 aromatic heterocycles. The van der Waals surface area contributed by atoms with E-state index in [4.69, 9.17) is 28.9 Å². The molecule has 0 bridgehead atoms. The van der Waals surface area contributed by atoms with Crippen molar-refractivity contribution >= 4 is 23.2 Å². The Bertz CT molecular complexity index is 323. The molecule has 0 aliphatic heterocycles. The Morgan fingerprint density at radius 3 is 2.71 bits per heavy atom. The lowest BCUT2D eigenvalue weighted by Gasteiger charge is -2.10. The maximum absolute atomic E-state index is 6.01. The van der Waals surface area contributed by atoms with E-state index in [9.17, 15) is 0 Å². The van der Waals surface area contributed by atoms with Gasteiger partial charge < -0.3 is 5.73 Å².